The predicted molar refractivity (Wildman–Crippen MR) is 134 cm³/mol. The molecule has 4 heteroatoms. The van der Waals surface area contributed by atoms with Gasteiger partial charge in [0, 0.05) is 6.42 Å². The number of aliphatic carboxylic acids is 1. The van der Waals surface area contributed by atoms with Gasteiger partial charge in [-0.05, 0) is 115 Å². The number of carboxylic acid groups (broad SMARTS) is 1. The van der Waals surface area contributed by atoms with Crippen molar-refractivity contribution in [2.75, 3.05) is 0 Å². The van der Waals surface area contributed by atoms with Crippen LogP contribution in [0.25, 0.3) is 0 Å². The van der Waals surface area contributed by atoms with Gasteiger partial charge in [-0.1, -0.05) is 41.5 Å². The second-order valence-electron chi connectivity index (χ2n) is 14.7. The van der Waals surface area contributed by atoms with Gasteiger partial charge in [-0.25, -0.2) is 0 Å². The summed E-state index contributed by atoms with van der Waals surface area (Å²) in [4.78, 5) is 12.5. The largest absolute Gasteiger partial charge is 0.509 e. The van der Waals surface area contributed by atoms with E-state index < -0.39 is 11.4 Å². The normalized spacial score (nSPS) is 57.1. The van der Waals surface area contributed by atoms with E-state index >= 15 is 0 Å². The smallest absolute Gasteiger partial charge is 0.317 e. The van der Waals surface area contributed by atoms with E-state index in [4.69, 9.17) is 0 Å². The maximum Gasteiger partial charge on any atom is 0.317 e. The number of hydrogen-bond acceptors (Lipinski definition) is 3. The molecule has 192 valence electrons. The number of aliphatic hydroxyl groups is 2. The first kappa shape index (κ1) is 24.5. The molecule has 0 aromatic heterocycles. The monoisotopic (exact) mass is 472 g/mol. The Morgan fingerprint density at radius 1 is 0.824 bits per heavy atom. The summed E-state index contributed by atoms with van der Waals surface area (Å²) in [6.45, 7) is 16.6. The van der Waals surface area contributed by atoms with Crippen molar-refractivity contribution >= 4 is 5.97 Å². The maximum atomic E-state index is 12.5. The van der Waals surface area contributed by atoms with Crippen LogP contribution >= 0.6 is 0 Å². The highest BCUT2D eigenvalue weighted by atomic mass is 16.4. The number of allylic oxidation sites excluding steroid dienone is 1. The summed E-state index contributed by atoms with van der Waals surface area (Å²) < 4.78 is 0. The fraction of sp³-hybridized carbons (Fsp3) is 0.900. The van der Waals surface area contributed by atoms with Gasteiger partial charge < -0.3 is 15.3 Å². The lowest BCUT2D eigenvalue weighted by molar-refractivity contribution is -0.245. The van der Waals surface area contributed by atoms with Crippen molar-refractivity contribution < 1.29 is 20.1 Å². The Balaban J connectivity index is 1.58. The van der Waals surface area contributed by atoms with Gasteiger partial charge in [-0.2, -0.15) is 0 Å². The fourth-order valence-electron chi connectivity index (χ4n) is 11.4. The van der Waals surface area contributed by atoms with Crippen molar-refractivity contribution in [1.29, 1.82) is 0 Å². The summed E-state index contributed by atoms with van der Waals surface area (Å²) in [5.74, 6) is 1.83. The molecule has 0 aliphatic heterocycles. The Morgan fingerprint density at radius 2 is 1.50 bits per heavy atom. The van der Waals surface area contributed by atoms with Crippen LogP contribution < -0.4 is 0 Å². The van der Waals surface area contributed by atoms with E-state index in [1.807, 2.05) is 0 Å². The first-order chi connectivity index (χ1) is 15.7. The van der Waals surface area contributed by atoms with Gasteiger partial charge in [0.05, 0.1) is 0 Å². The van der Waals surface area contributed by atoms with Crippen LogP contribution in [0.3, 0.4) is 0 Å². The van der Waals surface area contributed by atoms with Crippen LogP contribution in [-0.4, -0.2) is 21.3 Å². The van der Waals surface area contributed by atoms with E-state index in [2.05, 4.69) is 41.5 Å². The molecule has 34 heavy (non-hydrogen) atoms. The van der Waals surface area contributed by atoms with E-state index in [0.717, 1.165) is 42.9 Å². The Labute approximate surface area is 206 Å². The molecule has 2 unspecified atom stereocenters. The highest BCUT2D eigenvalue weighted by Gasteiger charge is 2.71. The zero-order chi connectivity index (χ0) is 25.1. The first-order valence-electron chi connectivity index (χ1n) is 14.0. The number of aliphatic hydroxyl groups excluding tert-OH is 2. The fourth-order valence-corrected chi connectivity index (χ4v) is 11.4. The number of carbonyl (C=O) groups is 1. The summed E-state index contributed by atoms with van der Waals surface area (Å²) in [5, 5.41) is 31.9. The van der Waals surface area contributed by atoms with E-state index in [1.54, 1.807) is 6.92 Å². The Hall–Kier alpha value is -1.19. The molecule has 5 aliphatic carbocycles. The third-order valence-electron chi connectivity index (χ3n) is 13.7. The molecule has 0 aromatic rings. The number of hydrogen-bond donors (Lipinski definition) is 3. The number of fused-ring (bicyclic) bond motifs is 7. The topological polar surface area (TPSA) is 77.8 Å². The highest BCUT2D eigenvalue weighted by Crippen LogP contribution is 2.77. The van der Waals surface area contributed by atoms with Crippen molar-refractivity contribution in [3.8, 4) is 0 Å². The second kappa shape index (κ2) is 7.19. The molecule has 5 aliphatic rings. The molecule has 0 heterocycles. The van der Waals surface area contributed by atoms with Gasteiger partial charge in [0.1, 0.15) is 16.9 Å². The Bertz CT molecular complexity index is 925. The molecule has 0 bridgehead atoms. The maximum absolute atomic E-state index is 12.5. The summed E-state index contributed by atoms with van der Waals surface area (Å²) in [6, 6.07) is 0. The molecule has 4 saturated carbocycles. The molecule has 5 rings (SSSR count). The van der Waals surface area contributed by atoms with Crippen molar-refractivity contribution in [3.05, 3.63) is 11.5 Å². The lowest BCUT2D eigenvalue weighted by Gasteiger charge is -2.73. The van der Waals surface area contributed by atoms with Crippen LogP contribution in [0.1, 0.15) is 106 Å². The van der Waals surface area contributed by atoms with Crippen LogP contribution in [0.5, 0.6) is 0 Å². The number of rotatable bonds is 1. The van der Waals surface area contributed by atoms with Gasteiger partial charge in [0.2, 0.25) is 0 Å². The quantitative estimate of drug-likeness (QED) is 0.364. The van der Waals surface area contributed by atoms with E-state index in [9.17, 15) is 20.1 Å². The third kappa shape index (κ3) is 2.69. The van der Waals surface area contributed by atoms with Crippen molar-refractivity contribution in [1.82, 2.24) is 0 Å². The minimum atomic E-state index is -1.41. The first-order valence-corrected chi connectivity index (χ1v) is 14.0. The molecular formula is C30H48O4. The van der Waals surface area contributed by atoms with Gasteiger partial charge in [0.15, 0.2) is 0 Å². The second-order valence-corrected chi connectivity index (χ2v) is 14.7. The Kier molecular flexibility index (Phi) is 5.18. The molecule has 0 saturated heterocycles. The molecule has 4 fully saturated rings. The molecule has 11 atom stereocenters. The van der Waals surface area contributed by atoms with Gasteiger partial charge in [0.25, 0.3) is 0 Å². The molecule has 0 spiro atoms. The van der Waals surface area contributed by atoms with Crippen molar-refractivity contribution in [2.24, 2.45) is 62.6 Å². The lowest BCUT2D eigenvalue weighted by atomic mass is 9.31. The predicted octanol–water partition coefficient (Wildman–Crippen LogP) is 7.75. The van der Waals surface area contributed by atoms with Crippen LogP contribution in [0.4, 0.5) is 0 Å². The molecule has 0 amide bonds. The zero-order valence-corrected chi connectivity index (χ0v) is 22.6. The standard InChI is InChI=1S/C30H48O4/c1-17-10-12-26(3)14-15-28(5)19(23(26)18(17)2)8-9-21-27(4)16-20(31)24(32)30(7,25(33)34)22(27)11-13-29(21,28)6/h17-19,21-23,31-32H,8-16H2,1-7H3,(H,33,34)/t17-,18+,19-,21-,22?,23+,26-,27-,28-,29-,30?/m1/s1. The zero-order valence-electron chi connectivity index (χ0n) is 22.6. The van der Waals surface area contributed by atoms with Crippen molar-refractivity contribution in [2.45, 2.75) is 106 Å². The van der Waals surface area contributed by atoms with E-state index in [0.29, 0.717) is 17.8 Å². The average molecular weight is 473 g/mol. The van der Waals surface area contributed by atoms with E-state index in [1.165, 1.54) is 32.1 Å². The third-order valence-corrected chi connectivity index (χ3v) is 13.7. The molecule has 3 N–H and O–H groups in total. The summed E-state index contributed by atoms with van der Waals surface area (Å²) in [5.41, 5.74) is -0.918. The van der Waals surface area contributed by atoms with Crippen LogP contribution in [-0.2, 0) is 4.79 Å². The summed E-state index contributed by atoms with van der Waals surface area (Å²) in [6.07, 6.45) is 9.87. The summed E-state index contributed by atoms with van der Waals surface area (Å²) in [7, 11) is 0. The average Bonchev–Trinajstić information content (AvgIpc) is 2.76. The molecular weight excluding hydrogens is 424 g/mol. The number of carboxylic acids is 1. The van der Waals surface area contributed by atoms with Crippen LogP contribution in [0, 0.1) is 62.6 Å². The molecule has 0 aromatic carbocycles. The van der Waals surface area contributed by atoms with E-state index in [-0.39, 0.29) is 33.7 Å². The van der Waals surface area contributed by atoms with Crippen LogP contribution in [0.2, 0.25) is 0 Å². The van der Waals surface area contributed by atoms with Gasteiger partial charge in [-0.3, -0.25) is 4.79 Å². The minimum absolute atomic E-state index is 0.0916. The van der Waals surface area contributed by atoms with Crippen molar-refractivity contribution in [3.63, 3.8) is 0 Å². The molecule has 4 nitrogen and oxygen atoms in total. The van der Waals surface area contributed by atoms with Gasteiger partial charge >= 0.3 is 5.97 Å². The van der Waals surface area contributed by atoms with Crippen LogP contribution in [0.15, 0.2) is 11.5 Å². The SMILES string of the molecule is C[C@@H]1[C@H]2[C@H]3CC[C@@H]4[C@@]5(C)CC(O)=C(O)C(C)(C(=O)O)C5CC[C@@]4(C)[C@]3(C)CC[C@@]2(C)CC[C@H]1C. The lowest BCUT2D eigenvalue weighted by Crippen LogP contribution is -2.67. The molecule has 0 radical (unpaired) electrons. The summed E-state index contributed by atoms with van der Waals surface area (Å²) >= 11 is 0. The Morgan fingerprint density at radius 3 is 2.15 bits per heavy atom. The minimum Gasteiger partial charge on any atom is -0.509 e. The highest BCUT2D eigenvalue weighted by molar-refractivity contribution is 5.78. The van der Waals surface area contributed by atoms with Gasteiger partial charge in [-0.15, -0.1) is 0 Å².